The molecule has 1 rings (SSSR count). The number of unbranched alkanes of at least 4 members (excludes halogenated alkanes) is 1. The largest absolute Gasteiger partial charge is 0.466 e. The van der Waals surface area contributed by atoms with Crippen molar-refractivity contribution in [3.8, 4) is 0 Å². The van der Waals surface area contributed by atoms with E-state index in [1.54, 1.807) is 0 Å². The van der Waals surface area contributed by atoms with E-state index in [-0.39, 0.29) is 42.6 Å². The third kappa shape index (κ3) is 10.8. The maximum Gasteiger partial charge on any atom is 0.306 e. The van der Waals surface area contributed by atoms with E-state index in [1.165, 1.54) is 6.08 Å². The van der Waals surface area contributed by atoms with Crippen LogP contribution in [0.4, 0.5) is 0 Å². The number of nitrogens with two attached hydrogens (primary N) is 2. The molecule has 0 aliphatic carbocycles. The predicted molar refractivity (Wildman–Crippen MR) is 103 cm³/mol. The molecule has 0 aromatic heterocycles. The lowest BCUT2D eigenvalue weighted by Gasteiger charge is -2.05. The standard InChI is InChI=1S/C20H29N3O4/c21-13-4-5-14-27-20(26)10-6-9-17(22)18(24)11-12-19(25)23-15-16-7-2-1-3-8-16/h1-3,7-9H,4-6,10-15,21-22H2,(H,23,25). The van der Waals surface area contributed by atoms with Gasteiger partial charge in [-0.25, -0.2) is 0 Å². The number of carbonyl (C=O) groups is 3. The number of ketones is 1. The number of esters is 1. The number of amides is 1. The van der Waals surface area contributed by atoms with Gasteiger partial charge >= 0.3 is 5.97 Å². The summed E-state index contributed by atoms with van der Waals surface area (Å²) in [5.41, 5.74) is 12.1. The second-order valence-electron chi connectivity index (χ2n) is 6.10. The third-order valence-corrected chi connectivity index (χ3v) is 3.81. The molecule has 0 heterocycles. The first-order valence-electron chi connectivity index (χ1n) is 9.18. The molecule has 0 aliphatic rings. The van der Waals surface area contributed by atoms with Crippen LogP contribution in [0.1, 0.15) is 44.1 Å². The van der Waals surface area contributed by atoms with Gasteiger partial charge in [0.25, 0.3) is 0 Å². The maximum absolute atomic E-state index is 11.9. The fourth-order valence-corrected chi connectivity index (χ4v) is 2.22. The average molecular weight is 375 g/mol. The van der Waals surface area contributed by atoms with Crippen LogP contribution in [-0.4, -0.2) is 30.8 Å². The second kappa shape index (κ2) is 13.5. The smallest absolute Gasteiger partial charge is 0.306 e. The number of nitrogens with one attached hydrogen (secondary N) is 1. The van der Waals surface area contributed by atoms with Gasteiger partial charge in [0.05, 0.1) is 12.3 Å². The number of benzene rings is 1. The van der Waals surface area contributed by atoms with Crippen LogP contribution in [0, 0.1) is 0 Å². The summed E-state index contributed by atoms with van der Waals surface area (Å²) in [6, 6.07) is 9.52. The first kappa shape index (κ1) is 22.4. The molecule has 7 nitrogen and oxygen atoms in total. The van der Waals surface area contributed by atoms with Crippen molar-refractivity contribution in [2.45, 2.75) is 45.1 Å². The summed E-state index contributed by atoms with van der Waals surface area (Å²) in [6.45, 7) is 1.35. The van der Waals surface area contributed by atoms with E-state index in [0.29, 0.717) is 26.1 Å². The van der Waals surface area contributed by atoms with Crippen molar-refractivity contribution < 1.29 is 19.1 Å². The number of ether oxygens (including phenoxy) is 1. The van der Waals surface area contributed by atoms with Crippen molar-refractivity contribution in [1.82, 2.24) is 5.32 Å². The molecule has 0 saturated carbocycles. The summed E-state index contributed by atoms with van der Waals surface area (Å²) < 4.78 is 5.03. The predicted octanol–water partition coefficient (Wildman–Crippen LogP) is 1.56. The second-order valence-corrected chi connectivity index (χ2v) is 6.10. The number of allylic oxidation sites excluding steroid dienone is 2. The maximum atomic E-state index is 11.9. The zero-order valence-electron chi connectivity index (χ0n) is 15.6. The van der Waals surface area contributed by atoms with Crippen LogP contribution in [-0.2, 0) is 25.7 Å². The van der Waals surface area contributed by atoms with Crippen LogP contribution in [0.2, 0.25) is 0 Å². The Morgan fingerprint density at radius 3 is 2.48 bits per heavy atom. The molecular weight excluding hydrogens is 346 g/mol. The summed E-state index contributed by atoms with van der Waals surface area (Å²) >= 11 is 0. The van der Waals surface area contributed by atoms with Crippen molar-refractivity contribution in [1.29, 1.82) is 0 Å². The molecule has 1 aromatic carbocycles. The average Bonchev–Trinajstić information content (AvgIpc) is 2.68. The number of rotatable bonds is 13. The number of hydrogen-bond acceptors (Lipinski definition) is 6. The van der Waals surface area contributed by atoms with E-state index in [4.69, 9.17) is 16.2 Å². The highest BCUT2D eigenvalue weighted by Gasteiger charge is 2.10. The zero-order chi connectivity index (χ0) is 19.9. The van der Waals surface area contributed by atoms with Crippen LogP contribution in [0.25, 0.3) is 0 Å². The van der Waals surface area contributed by atoms with E-state index in [1.807, 2.05) is 30.3 Å². The normalized spacial score (nSPS) is 11.1. The quantitative estimate of drug-likeness (QED) is 0.273. The Morgan fingerprint density at radius 2 is 1.78 bits per heavy atom. The Balaban J connectivity index is 2.19. The minimum absolute atomic E-state index is 0.0342. The van der Waals surface area contributed by atoms with Crippen LogP contribution < -0.4 is 16.8 Å². The SMILES string of the molecule is NCCCCOC(=O)CCC=C(N)C(=O)CCC(=O)NCc1ccccc1. The number of carbonyl (C=O) groups excluding carboxylic acids is 3. The van der Waals surface area contributed by atoms with Gasteiger partial charge in [-0.15, -0.1) is 0 Å². The van der Waals surface area contributed by atoms with Gasteiger partial charge in [0.2, 0.25) is 5.91 Å². The summed E-state index contributed by atoms with van der Waals surface area (Å²) in [4.78, 5) is 35.2. The minimum Gasteiger partial charge on any atom is -0.466 e. The molecule has 0 saturated heterocycles. The van der Waals surface area contributed by atoms with E-state index in [0.717, 1.165) is 18.4 Å². The summed E-state index contributed by atoms with van der Waals surface area (Å²) in [5.74, 6) is -0.842. The first-order chi connectivity index (χ1) is 13.0. The highest BCUT2D eigenvalue weighted by molar-refractivity contribution is 5.96. The number of Topliss-reactive ketones (excluding diaryl/α,β-unsaturated/α-hetero) is 1. The van der Waals surface area contributed by atoms with E-state index in [2.05, 4.69) is 5.32 Å². The van der Waals surface area contributed by atoms with Crippen LogP contribution in [0.3, 0.4) is 0 Å². The number of hydrogen-bond donors (Lipinski definition) is 3. The lowest BCUT2D eigenvalue weighted by Crippen LogP contribution is -2.24. The van der Waals surface area contributed by atoms with Crippen molar-refractivity contribution >= 4 is 17.7 Å². The van der Waals surface area contributed by atoms with Crippen LogP contribution in [0.15, 0.2) is 42.1 Å². The fraction of sp³-hybridized carbons (Fsp3) is 0.450. The van der Waals surface area contributed by atoms with Crippen molar-refractivity contribution in [3.63, 3.8) is 0 Å². The topological polar surface area (TPSA) is 125 Å². The first-order valence-corrected chi connectivity index (χ1v) is 9.18. The molecule has 1 amide bonds. The van der Waals surface area contributed by atoms with Crippen molar-refractivity contribution in [2.75, 3.05) is 13.2 Å². The lowest BCUT2D eigenvalue weighted by molar-refractivity contribution is -0.143. The monoisotopic (exact) mass is 375 g/mol. The van der Waals surface area contributed by atoms with Gasteiger partial charge < -0.3 is 21.5 Å². The molecule has 27 heavy (non-hydrogen) atoms. The fourth-order valence-electron chi connectivity index (χ4n) is 2.22. The van der Waals surface area contributed by atoms with Gasteiger partial charge in [-0.1, -0.05) is 36.4 Å². The Labute approximate surface area is 160 Å². The van der Waals surface area contributed by atoms with E-state index < -0.39 is 0 Å². The molecule has 0 spiro atoms. The molecule has 0 bridgehead atoms. The van der Waals surface area contributed by atoms with Gasteiger partial charge in [-0.2, -0.15) is 0 Å². The van der Waals surface area contributed by atoms with Gasteiger partial charge in [0, 0.05) is 25.8 Å². The van der Waals surface area contributed by atoms with Crippen LogP contribution >= 0.6 is 0 Å². The lowest BCUT2D eigenvalue weighted by atomic mass is 10.1. The van der Waals surface area contributed by atoms with E-state index in [9.17, 15) is 14.4 Å². The third-order valence-electron chi connectivity index (χ3n) is 3.81. The van der Waals surface area contributed by atoms with Gasteiger partial charge in [0.15, 0.2) is 5.78 Å². The minimum atomic E-state index is -0.330. The molecule has 148 valence electrons. The Kier molecular flexibility index (Phi) is 11.2. The highest BCUT2D eigenvalue weighted by atomic mass is 16.5. The van der Waals surface area contributed by atoms with Crippen LogP contribution in [0.5, 0.6) is 0 Å². The summed E-state index contributed by atoms with van der Waals surface area (Å²) in [7, 11) is 0. The molecule has 0 fully saturated rings. The Morgan fingerprint density at radius 1 is 1.04 bits per heavy atom. The summed E-state index contributed by atoms with van der Waals surface area (Å²) in [5, 5.41) is 2.76. The zero-order valence-corrected chi connectivity index (χ0v) is 15.6. The molecule has 0 radical (unpaired) electrons. The summed E-state index contributed by atoms with van der Waals surface area (Å²) in [6.07, 6.45) is 3.65. The Bertz CT molecular complexity index is 629. The molecule has 0 atom stereocenters. The molecule has 1 aromatic rings. The molecular formula is C20H29N3O4. The van der Waals surface area contributed by atoms with Gasteiger partial charge in [0.1, 0.15) is 0 Å². The van der Waals surface area contributed by atoms with Gasteiger partial charge in [-0.3, -0.25) is 14.4 Å². The van der Waals surface area contributed by atoms with E-state index >= 15 is 0 Å². The van der Waals surface area contributed by atoms with Crippen molar-refractivity contribution in [3.05, 3.63) is 47.7 Å². The molecule has 5 N–H and O–H groups in total. The highest BCUT2D eigenvalue weighted by Crippen LogP contribution is 2.03. The van der Waals surface area contributed by atoms with Crippen molar-refractivity contribution in [2.24, 2.45) is 11.5 Å². The molecule has 0 aliphatic heterocycles. The van der Waals surface area contributed by atoms with Gasteiger partial charge in [-0.05, 0) is 31.4 Å². The molecule has 0 unspecified atom stereocenters. The Hall–Kier alpha value is -2.67. The molecule has 7 heteroatoms.